The van der Waals surface area contributed by atoms with Crippen LogP contribution in [0.15, 0.2) is 12.1 Å². The summed E-state index contributed by atoms with van der Waals surface area (Å²) in [5.74, 6) is -3.01. The smallest absolute Gasteiger partial charge is 0.108 e. The largest absolute Gasteiger partial charge is 0.543 e. The molecule has 6 heteroatoms. The number of rotatable bonds is 2. The van der Waals surface area contributed by atoms with Crippen LogP contribution in [-0.2, 0) is 0 Å². The Hall–Kier alpha value is -1.98. The van der Waals surface area contributed by atoms with Crippen LogP contribution in [0, 0.1) is 0 Å². The lowest BCUT2D eigenvalue weighted by Gasteiger charge is -2.01. The van der Waals surface area contributed by atoms with Crippen LogP contribution in [-0.4, -0.2) is 22.1 Å². The van der Waals surface area contributed by atoms with E-state index in [1.807, 2.05) is 0 Å². The van der Waals surface area contributed by atoms with Crippen LogP contribution in [0.2, 0.25) is 0 Å². The molecule has 1 rings (SSSR count). The van der Waals surface area contributed by atoms with Crippen LogP contribution in [0.25, 0.3) is 0 Å². The molecule has 0 aliphatic heterocycles. The Morgan fingerprint density at radius 1 is 1.00 bits per heavy atom. The average Bonchev–Trinajstić information content (AvgIpc) is 2.04. The molecule has 0 unspecified atom stereocenters. The van der Waals surface area contributed by atoms with Crippen molar-refractivity contribution in [1.82, 2.24) is 10.2 Å². The van der Waals surface area contributed by atoms with Gasteiger partial charge in [0.2, 0.25) is 0 Å². The first-order valence-electron chi connectivity index (χ1n) is 2.87. The van der Waals surface area contributed by atoms with Gasteiger partial charge in [0.1, 0.15) is 11.4 Å². The molecule has 1 heterocycles. The van der Waals surface area contributed by atoms with Gasteiger partial charge in [-0.15, -0.1) is 10.2 Å². The van der Waals surface area contributed by atoms with Crippen molar-refractivity contribution < 1.29 is 19.8 Å². The fraction of sp³-hybridized carbons (Fsp3) is 0. The van der Waals surface area contributed by atoms with Gasteiger partial charge in [-0.25, -0.2) is 0 Å². The lowest BCUT2D eigenvalue weighted by atomic mass is 10.3. The van der Waals surface area contributed by atoms with E-state index < -0.39 is 23.3 Å². The molecule has 12 heavy (non-hydrogen) atoms. The Morgan fingerprint density at radius 2 is 1.33 bits per heavy atom. The number of carbonyl (C=O) groups excluding carboxylic acids is 2. The lowest BCUT2D eigenvalue weighted by Crippen LogP contribution is -2.27. The molecule has 0 N–H and O–H groups in total. The maximum absolute atomic E-state index is 10.1. The van der Waals surface area contributed by atoms with Gasteiger partial charge < -0.3 is 19.8 Å². The minimum absolute atomic E-state index is 0.417. The van der Waals surface area contributed by atoms with Crippen molar-refractivity contribution in [3.63, 3.8) is 0 Å². The lowest BCUT2D eigenvalue weighted by molar-refractivity contribution is -0.257. The molecular formula is C6H2N2O4-2. The van der Waals surface area contributed by atoms with Gasteiger partial charge in [0.15, 0.2) is 0 Å². The summed E-state index contributed by atoms with van der Waals surface area (Å²) in [6.45, 7) is 0. The summed E-state index contributed by atoms with van der Waals surface area (Å²) in [7, 11) is 0. The number of nitrogens with zero attached hydrogens (tertiary/aromatic N) is 2. The SMILES string of the molecule is O=C([O-])c1ccc(C(=O)[O-])nn1. The fourth-order valence-corrected chi connectivity index (χ4v) is 0.550. The highest BCUT2D eigenvalue weighted by molar-refractivity contribution is 5.86. The molecule has 0 fully saturated rings. The van der Waals surface area contributed by atoms with Gasteiger partial charge in [0.05, 0.1) is 11.9 Å². The van der Waals surface area contributed by atoms with Crippen molar-refractivity contribution in [2.24, 2.45) is 0 Å². The molecule has 6 nitrogen and oxygen atoms in total. The number of carbonyl (C=O) groups is 2. The third-order valence-electron chi connectivity index (χ3n) is 1.08. The van der Waals surface area contributed by atoms with Crippen LogP contribution in [0.1, 0.15) is 21.0 Å². The average molecular weight is 166 g/mol. The van der Waals surface area contributed by atoms with Crippen molar-refractivity contribution in [1.29, 1.82) is 0 Å². The molecule has 0 aromatic carbocycles. The number of aromatic carboxylic acids is 2. The van der Waals surface area contributed by atoms with Crippen LogP contribution < -0.4 is 10.2 Å². The summed E-state index contributed by atoms with van der Waals surface area (Å²) in [6, 6.07) is 1.96. The highest BCUT2D eigenvalue weighted by Gasteiger charge is 1.97. The van der Waals surface area contributed by atoms with Gasteiger partial charge in [0, 0.05) is 0 Å². The number of carboxylic acid groups (broad SMARTS) is 2. The summed E-state index contributed by atoms with van der Waals surface area (Å²) in [6.07, 6.45) is 0. The van der Waals surface area contributed by atoms with Crippen molar-refractivity contribution >= 4 is 11.9 Å². The molecule has 0 aliphatic carbocycles. The Balaban J connectivity index is 3.01. The van der Waals surface area contributed by atoms with Gasteiger partial charge >= 0.3 is 0 Å². The number of hydrogen-bond acceptors (Lipinski definition) is 6. The van der Waals surface area contributed by atoms with Gasteiger partial charge in [-0.2, -0.15) is 0 Å². The van der Waals surface area contributed by atoms with E-state index in [-0.39, 0.29) is 0 Å². The highest BCUT2D eigenvalue weighted by atomic mass is 16.4. The molecule has 0 bridgehead atoms. The molecule has 0 aliphatic rings. The van der Waals surface area contributed by atoms with Crippen molar-refractivity contribution in [2.45, 2.75) is 0 Å². The van der Waals surface area contributed by atoms with Gasteiger partial charge in [-0.1, -0.05) is 0 Å². The Kier molecular flexibility index (Phi) is 2.00. The third kappa shape index (κ3) is 1.54. The maximum Gasteiger partial charge on any atom is 0.108 e. The summed E-state index contributed by atoms with van der Waals surface area (Å²) < 4.78 is 0. The van der Waals surface area contributed by atoms with Crippen molar-refractivity contribution in [3.8, 4) is 0 Å². The quantitative estimate of drug-likeness (QED) is 0.469. The molecule has 1 aromatic heterocycles. The summed E-state index contributed by atoms with van der Waals surface area (Å²) in [5, 5.41) is 26.3. The van der Waals surface area contributed by atoms with Crippen molar-refractivity contribution in [3.05, 3.63) is 23.5 Å². The second-order valence-electron chi connectivity index (χ2n) is 1.88. The molecule has 0 saturated heterocycles. The molecule has 62 valence electrons. The summed E-state index contributed by atoms with van der Waals surface area (Å²) in [5.41, 5.74) is -0.833. The Labute approximate surface area is 66.5 Å². The minimum Gasteiger partial charge on any atom is -0.543 e. The van der Waals surface area contributed by atoms with Gasteiger partial charge in [0.25, 0.3) is 0 Å². The number of hydrogen-bond donors (Lipinski definition) is 0. The maximum atomic E-state index is 10.1. The van der Waals surface area contributed by atoms with Crippen LogP contribution >= 0.6 is 0 Å². The van der Waals surface area contributed by atoms with E-state index in [1.165, 1.54) is 0 Å². The second-order valence-corrected chi connectivity index (χ2v) is 1.88. The monoisotopic (exact) mass is 166 g/mol. The normalized spacial score (nSPS) is 9.33. The van der Waals surface area contributed by atoms with Crippen LogP contribution in [0.4, 0.5) is 0 Å². The first-order chi connectivity index (χ1) is 5.61. The standard InChI is InChI=1S/C6H4N2O4/c9-5(10)3-1-2-4(6(11)12)8-7-3/h1-2H,(H,9,10)(H,11,12)/p-2. The van der Waals surface area contributed by atoms with E-state index in [1.54, 1.807) is 0 Å². The number of carboxylic acids is 2. The molecule has 0 saturated carbocycles. The predicted molar refractivity (Wildman–Crippen MR) is 30.7 cm³/mol. The van der Waals surface area contributed by atoms with Gasteiger partial charge in [-0.3, -0.25) is 0 Å². The molecule has 0 spiro atoms. The number of aromatic nitrogens is 2. The van der Waals surface area contributed by atoms with Crippen LogP contribution in [0.3, 0.4) is 0 Å². The van der Waals surface area contributed by atoms with E-state index in [4.69, 9.17) is 0 Å². The molecule has 0 atom stereocenters. The van der Waals surface area contributed by atoms with E-state index in [0.717, 1.165) is 12.1 Å². The third-order valence-corrected chi connectivity index (χ3v) is 1.08. The van der Waals surface area contributed by atoms with Gasteiger partial charge in [-0.05, 0) is 12.1 Å². The zero-order valence-electron chi connectivity index (χ0n) is 5.68. The topological polar surface area (TPSA) is 106 Å². The first-order valence-corrected chi connectivity index (χ1v) is 2.87. The fourth-order valence-electron chi connectivity index (χ4n) is 0.550. The van der Waals surface area contributed by atoms with E-state index >= 15 is 0 Å². The molecular weight excluding hydrogens is 164 g/mol. The van der Waals surface area contributed by atoms with Crippen LogP contribution in [0.5, 0.6) is 0 Å². The molecule has 1 aromatic rings. The van der Waals surface area contributed by atoms with E-state index in [0.29, 0.717) is 0 Å². The van der Waals surface area contributed by atoms with E-state index in [9.17, 15) is 19.8 Å². The minimum atomic E-state index is -1.51. The zero-order valence-corrected chi connectivity index (χ0v) is 5.68. The highest BCUT2D eigenvalue weighted by Crippen LogP contribution is 1.93. The van der Waals surface area contributed by atoms with Crippen molar-refractivity contribution in [2.75, 3.05) is 0 Å². The Bertz CT molecular complexity index is 286. The predicted octanol–water partition coefficient (Wildman–Crippen LogP) is -2.80. The van der Waals surface area contributed by atoms with E-state index in [2.05, 4.69) is 10.2 Å². The Morgan fingerprint density at radius 3 is 1.50 bits per heavy atom. The molecule has 0 amide bonds. The zero-order chi connectivity index (χ0) is 9.14. The summed E-state index contributed by atoms with van der Waals surface area (Å²) >= 11 is 0. The molecule has 0 radical (unpaired) electrons. The second kappa shape index (κ2) is 2.95. The first kappa shape index (κ1) is 8.12. The summed E-state index contributed by atoms with van der Waals surface area (Å²) in [4.78, 5) is 20.2.